The molecule has 0 radical (unpaired) electrons. The second-order valence-corrected chi connectivity index (χ2v) is 6.80. The average Bonchev–Trinajstić information content (AvgIpc) is 3.26. The first-order valence-corrected chi connectivity index (χ1v) is 8.33. The van der Waals surface area contributed by atoms with Crippen LogP contribution >= 0.6 is 0 Å². The van der Waals surface area contributed by atoms with Gasteiger partial charge in [0.15, 0.2) is 0 Å². The number of nitrogens with zero attached hydrogens (tertiary/aromatic N) is 3. The first-order chi connectivity index (χ1) is 10.6. The molecule has 1 N–H and O–H groups in total. The summed E-state index contributed by atoms with van der Waals surface area (Å²) in [6.07, 6.45) is 4.37. The topological polar surface area (TPSA) is 42.7 Å². The molecular formula is C18H26N4. The summed E-state index contributed by atoms with van der Waals surface area (Å²) in [5.41, 5.74) is 2.83. The van der Waals surface area contributed by atoms with Crippen molar-refractivity contribution in [1.29, 1.82) is 0 Å². The Morgan fingerprint density at radius 2 is 1.91 bits per heavy atom. The van der Waals surface area contributed by atoms with Gasteiger partial charge in [0.1, 0.15) is 12.2 Å². The Kier molecular flexibility index (Phi) is 4.57. The van der Waals surface area contributed by atoms with E-state index in [1.807, 2.05) is 4.68 Å². The van der Waals surface area contributed by atoms with Gasteiger partial charge >= 0.3 is 0 Å². The fourth-order valence-electron chi connectivity index (χ4n) is 2.76. The van der Waals surface area contributed by atoms with Crippen LogP contribution in [0.2, 0.25) is 0 Å². The minimum atomic E-state index is 0.317. The molecule has 0 unspecified atom stereocenters. The van der Waals surface area contributed by atoms with Crippen LogP contribution < -0.4 is 5.32 Å². The Morgan fingerprint density at radius 3 is 2.55 bits per heavy atom. The molecule has 2 aromatic rings. The van der Waals surface area contributed by atoms with E-state index in [2.05, 4.69) is 60.4 Å². The van der Waals surface area contributed by atoms with E-state index in [1.54, 1.807) is 6.33 Å². The van der Waals surface area contributed by atoms with Gasteiger partial charge in [-0.2, -0.15) is 5.10 Å². The van der Waals surface area contributed by atoms with Crippen molar-refractivity contribution >= 4 is 0 Å². The highest BCUT2D eigenvalue weighted by atomic mass is 15.3. The molecule has 1 saturated carbocycles. The third-order valence-electron chi connectivity index (χ3n) is 4.29. The maximum atomic E-state index is 4.37. The molecule has 3 rings (SSSR count). The number of nitrogens with one attached hydrogen (secondary N) is 1. The number of hydrogen-bond acceptors (Lipinski definition) is 3. The van der Waals surface area contributed by atoms with Crippen molar-refractivity contribution in [3.05, 3.63) is 47.5 Å². The van der Waals surface area contributed by atoms with E-state index < -0.39 is 0 Å². The van der Waals surface area contributed by atoms with Crippen LogP contribution in [0.4, 0.5) is 0 Å². The van der Waals surface area contributed by atoms with Gasteiger partial charge in [-0.15, -0.1) is 0 Å². The molecule has 1 fully saturated rings. The zero-order valence-electron chi connectivity index (χ0n) is 13.8. The maximum Gasteiger partial charge on any atom is 0.140 e. The molecule has 0 aliphatic heterocycles. The zero-order chi connectivity index (χ0) is 15.5. The molecule has 1 aliphatic carbocycles. The smallest absolute Gasteiger partial charge is 0.140 e. The standard InChI is InChI=1S/C18H26N4/c1-13(2)11-22-18(20-12-21-22)10-19-14(3)15-4-6-16(7-5-15)17-8-9-17/h4-7,12-14,17,19H,8-11H2,1-3H3/t14-/m0/s1. The lowest BCUT2D eigenvalue weighted by Gasteiger charge is -2.15. The quantitative estimate of drug-likeness (QED) is 0.848. The Balaban J connectivity index is 1.57. The van der Waals surface area contributed by atoms with Crippen molar-refractivity contribution in [2.24, 2.45) is 5.92 Å². The Bertz CT molecular complexity index is 596. The van der Waals surface area contributed by atoms with Crippen LogP contribution in [0.3, 0.4) is 0 Å². The Hall–Kier alpha value is -1.68. The van der Waals surface area contributed by atoms with Gasteiger partial charge in [-0.05, 0) is 42.7 Å². The van der Waals surface area contributed by atoms with E-state index in [0.717, 1.165) is 24.8 Å². The number of benzene rings is 1. The van der Waals surface area contributed by atoms with Crippen LogP contribution in [0.5, 0.6) is 0 Å². The van der Waals surface area contributed by atoms with Gasteiger partial charge in [-0.25, -0.2) is 9.67 Å². The fourth-order valence-corrected chi connectivity index (χ4v) is 2.76. The Morgan fingerprint density at radius 1 is 1.18 bits per heavy atom. The van der Waals surface area contributed by atoms with Crippen molar-refractivity contribution in [2.45, 2.75) is 58.7 Å². The first-order valence-electron chi connectivity index (χ1n) is 8.33. The number of aromatic nitrogens is 3. The molecule has 118 valence electrons. The molecule has 0 bridgehead atoms. The van der Waals surface area contributed by atoms with Crippen LogP contribution in [0.15, 0.2) is 30.6 Å². The molecule has 0 saturated heterocycles. The van der Waals surface area contributed by atoms with Crippen molar-refractivity contribution in [3.63, 3.8) is 0 Å². The highest BCUT2D eigenvalue weighted by molar-refractivity contribution is 5.29. The van der Waals surface area contributed by atoms with E-state index in [9.17, 15) is 0 Å². The minimum Gasteiger partial charge on any atom is -0.303 e. The monoisotopic (exact) mass is 298 g/mol. The molecule has 0 amide bonds. The van der Waals surface area contributed by atoms with Crippen LogP contribution in [0.1, 0.15) is 62.5 Å². The van der Waals surface area contributed by atoms with Crippen LogP contribution in [0.25, 0.3) is 0 Å². The molecule has 4 heteroatoms. The fraction of sp³-hybridized carbons (Fsp3) is 0.556. The maximum absolute atomic E-state index is 4.37. The lowest BCUT2D eigenvalue weighted by Crippen LogP contribution is -2.22. The molecule has 1 atom stereocenters. The van der Waals surface area contributed by atoms with E-state index in [4.69, 9.17) is 0 Å². The van der Waals surface area contributed by atoms with Gasteiger partial charge < -0.3 is 5.32 Å². The summed E-state index contributed by atoms with van der Waals surface area (Å²) in [6, 6.07) is 9.39. The summed E-state index contributed by atoms with van der Waals surface area (Å²) >= 11 is 0. The van der Waals surface area contributed by atoms with Gasteiger partial charge in [0.25, 0.3) is 0 Å². The summed E-state index contributed by atoms with van der Waals surface area (Å²) in [7, 11) is 0. The van der Waals surface area contributed by atoms with E-state index in [-0.39, 0.29) is 0 Å². The van der Waals surface area contributed by atoms with Crippen molar-refractivity contribution in [1.82, 2.24) is 20.1 Å². The van der Waals surface area contributed by atoms with E-state index in [0.29, 0.717) is 12.0 Å². The second-order valence-electron chi connectivity index (χ2n) is 6.80. The predicted octanol–water partition coefficient (Wildman–Crippen LogP) is 3.66. The normalized spacial score (nSPS) is 16.2. The summed E-state index contributed by atoms with van der Waals surface area (Å²) in [5.74, 6) is 2.41. The minimum absolute atomic E-state index is 0.317. The van der Waals surface area contributed by atoms with Crippen molar-refractivity contribution in [2.75, 3.05) is 0 Å². The van der Waals surface area contributed by atoms with Crippen molar-refractivity contribution < 1.29 is 0 Å². The average molecular weight is 298 g/mol. The molecule has 1 aliphatic rings. The zero-order valence-corrected chi connectivity index (χ0v) is 13.8. The highest BCUT2D eigenvalue weighted by Crippen LogP contribution is 2.40. The molecule has 22 heavy (non-hydrogen) atoms. The molecule has 1 aromatic carbocycles. The SMILES string of the molecule is CC(C)Cn1ncnc1CN[C@@H](C)c1ccc(C2CC2)cc1. The van der Waals surface area contributed by atoms with Crippen LogP contribution in [0, 0.1) is 5.92 Å². The van der Waals surface area contributed by atoms with Gasteiger partial charge in [-0.1, -0.05) is 38.1 Å². The summed E-state index contributed by atoms with van der Waals surface area (Å²) < 4.78 is 2.00. The van der Waals surface area contributed by atoms with E-state index >= 15 is 0 Å². The first kappa shape index (κ1) is 15.2. The molecule has 1 heterocycles. The van der Waals surface area contributed by atoms with Crippen LogP contribution in [-0.4, -0.2) is 14.8 Å². The Labute approximate surface area is 133 Å². The molecule has 1 aromatic heterocycles. The third-order valence-corrected chi connectivity index (χ3v) is 4.29. The van der Waals surface area contributed by atoms with Gasteiger partial charge in [0.05, 0.1) is 6.54 Å². The highest BCUT2D eigenvalue weighted by Gasteiger charge is 2.23. The second kappa shape index (κ2) is 6.61. The largest absolute Gasteiger partial charge is 0.303 e. The lowest BCUT2D eigenvalue weighted by molar-refractivity contribution is 0.449. The number of hydrogen-bond donors (Lipinski definition) is 1. The van der Waals surface area contributed by atoms with Gasteiger partial charge in [0.2, 0.25) is 0 Å². The van der Waals surface area contributed by atoms with Gasteiger partial charge in [-0.3, -0.25) is 0 Å². The summed E-state index contributed by atoms with van der Waals surface area (Å²) in [4.78, 5) is 4.37. The molecule has 0 spiro atoms. The number of rotatable bonds is 7. The predicted molar refractivity (Wildman–Crippen MR) is 88.5 cm³/mol. The van der Waals surface area contributed by atoms with E-state index in [1.165, 1.54) is 24.0 Å². The molecular weight excluding hydrogens is 272 g/mol. The third kappa shape index (κ3) is 3.74. The van der Waals surface area contributed by atoms with Gasteiger partial charge in [0, 0.05) is 12.6 Å². The molecule has 4 nitrogen and oxygen atoms in total. The van der Waals surface area contributed by atoms with Crippen LogP contribution in [-0.2, 0) is 13.1 Å². The van der Waals surface area contributed by atoms with Crippen molar-refractivity contribution in [3.8, 4) is 0 Å². The summed E-state index contributed by atoms with van der Waals surface area (Å²) in [6.45, 7) is 8.26. The summed E-state index contributed by atoms with van der Waals surface area (Å²) in [5, 5.41) is 7.87. The lowest BCUT2D eigenvalue weighted by atomic mass is 10.0.